The van der Waals surface area contributed by atoms with E-state index in [2.05, 4.69) is 0 Å². The number of benzene rings is 18. The van der Waals surface area contributed by atoms with Crippen LogP contribution in [0.15, 0.2) is 200 Å². The zero-order chi connectivity index (χ0) is 91.0. The first-order chi connectivity index (χ1) is 63.7. The Morgan fingerprint density at radius 2 is 0.402 bits per heavy atom. The molecule has 18 aromatic carbocycles. The molecule has 27 heteroatoms. The van der Waals surface area contributed by atoms with E-state index in [-0.39, 0.29) is 113 Å². The van der Waals surface area contributed by atoms with Gasteiger partial charge in [-0.1, -0.05) is 79.7 Å². The molecular formula is C105H62F6N6O15. The lowest BCUT2D eigenvalue weighted by molar-refractivity contribution is -0.0841. The van der Waals surface area contributed by atoms with Crippen LogP contribution in [0.2, 0.25) is 0 Å². The molecule has 0 saturated heterocycles. The van der Waals surface area contributed by atoms with E-state index in [1.807, 2.05) is 6.92 Å². The standard InChI is InChI=1S/C105H62F6N6O15/c1-5-105(42-130-39-45(2)112-93(118)63-21-9-51-57-15-27-69-90-70(100(125)115(99(69)124)78-33-6-48(106)36-75(78)109)28-16-58(84(57)90)52-10-22-64(94(112)119)87(63)81(51)52,43-131-40-46(3)113-95(120)65-23-11-53-59-17-29-71-91-72(102(127)116(101(71)126)79-34-7-49(107)37-76(79)110)30-18-60(85(59)91)54-12-24-66(96(113)121)88(65)82(53)54)44-132-41-47(4)114-97(122)67-25-13-55-61-19-31-73-92-74(104(129)117(103(73)128)80-35-8-50(108)38-77(80)111)32-20-62(86(61)92)56-14-26-68(98(114)123)89(67)83(55)56/h6-38,45-47H,5,39-44H2,1-4H3. The molecule has 6 heterocycles. The lowest BCUT2D eigenvalue weighted by Crippen LogP contribution is -2.49. The van der Waals surface area contributed by atoms with Crippen LogP contribution in [-0.2, 0) is 14.2 Å². The summed E-state index contributed by atoms with van der Waals surface area (Å²) < 4.78 is 108. The van der Waals surface area contributed by atoms with Gasteiger partial charge in [0.2, 0.25) is 0 Å². The summed E-state index contributed by atoms with van der Waals surface area (Å²) >= 11 is 0. The molecule has 6 aliphatic heterocycles. The van der Waals surface area contributed by atoms with Gasteiger partial charge in [-0.25, -0.2) is 41.0 Å². The van der Waals surface area contributed by atoms with Gasteiger partial charge in [0, 0.05) is 123 Å². The first kappa shape index (κ1) is 79.5. The highest BCUT2D eigenvalue weighted by Crippen LogP contribution is 2.53. The Bertz CT molecular complexity index is 7490. The summed E-state index contributed by atoms with van der Waals surface area (Å²) in [5.41, 5.74) is -0.509. The SMILES string of the molecule is CCC(COCC(C)N1C(=O)c2ccc3c4ccc5c6c(ccc(c7ccc(c2c37)C1=O)c64)C(=O)N(c1ccc(F)cc1F)C5=O)(COCC(C)N1C(=O)c2ccc3c4ccc5c6c(ccc(c7ccc(c2c37)C1=O)c64)C(=O)N(c1ccc(F)cc1F)C5=O)COCC(C)N1C(=O)c2ccc3c4ccc5c6c(ccc(c7ccc(c2c37)C1=O)c64)C(=O)N(c1ccc(F)cc1F)C5=O. The van der Waals surface area contributed by atoms with E-state index in [1.54, 1.807) is 130 Å². The van der Waals surface area contributed by atoms with Crippen molar-refractivity contribution in [3.63, 3.8) is 0 Å². The molecule has 0 spiro atoms. The second-order valence-electron chi connectivity index (χ2n) is 34.9. The van der Waals surface area contributed by atoms with Crippen LogP contribution in [0.5, 0.6) is 0 Å². The molecule has 0 N–H and O–H groups in total. The molecule has 12 amide bonds. The van der Waals surface area contributed by atoms with Crippen molar-refractivity contribution in [1.82, 2.24) is 14.7 Å². The zero-order valence-electron chi connectivity index (χ0n) is 69.8. The predicted molar refractivity (Wildman–Crippen MR) is 481 cm³/mol. The minimum absolute atomic E-state index is 0.104. The molecule has 6 aliphatic rings. The maximum Gasteiger partial charge on any atom is 0.266 e. The summed E-state index contributed by atoms with van der Waals surface area (Å²) in [7, 11) is 0. The number of rotatable bonds is 19. The summed E-state index contributed by atoms with van der Waals surface area (Å²) in [4.78, 5) is 183. The van der Waals surface area contributed by atoms with Crippen LogP contribution >= 0.6 is 0 Å². The van der Waals surface area contributed by atoms with E-state index < -0.39 is 146 Å². The minimum atomic E-state index is -1.14. The highest BCUT2D eigenvalue weighted by atomic mass is 19.2. The molecule has 3 atom stereocenters. The maximum absolute atomic E-state index is 15.3. The van der Waals surface area contributed by atoms with Crippen molar-refractivity contribution in [2.75, 3.05) is 54.3 Å². The number of anilines is 3. The van der Waals surface area contributed by atoms with Gasteiger partial charge in [-0.2, -0.15) is 0 Å². The summed E-state index contributed by atoms with van der Waals surface area (Å²) in [5.74, 6) is -14.6. The predicted octanol–water partition coefficient (Wildman–Crippen LogP) is 19.9. The number of fused-ring (bicyclic) bond motifs is 6. The van der Waals surface area contributed by atoms with Crippen LogP contribution in [0.3, 0.4) is 0 Å². The Hall–Kier alpha value is -15.8. The molecular weight excluding hydrogens is 1700 g/mol. The molecule has 0 aliphatic carbocycles. The monoisotopic (exact) mass is 1760 g/mol. The number of hydrogen-bond acceptors (Lipinski definition) is 15. The number of hydrogen-bond donors (Lipinski definition) is 0. The van der Waals surface area contributed by atoms with Gasteiger partial charge in [-0.15, -0.1) is 0 Å². The highest BCUT2D eigenvalue weighted by Gasteiger charge is 2.47. The van der Waals surface area contributed by atoms with Crippen molar-refractivity contribution in [2.24, 2.45) is 5.41 Å². The van der Waals surface area contributed by atoms with Crippen LogP contribution in [0, 0.1) is 40.3 Å². The summed E-state index contributed by atoms with van der Waals surface area (Å²) in [5, 5.41) is 12.8. The van der Waals surface area contributed by atoms with Gasteiger partial charge in [0.25, 0.3) is 70.9 Å². The lowest BCUT2D eigenvalue weighted by Gasteiger charge is -2.37. The van der Waals surface area contributed by atoms with Crippen molar-refractivity contribution in [3.8, 4) is 0 Å². The highest BCUT2D eigenvalue weighted by molar-refractivity contribution is 6.48. The molecule has 132 heavy (non-hydrogen) atoms. The number of carbonyl (C=O) groups excluding carboxylic acids is 12. The quantitative estimate of drug-likeness (QED) is 0.0316. The van der Waals surface area contributed by atoms with Crippen molar-refractivity contribution < 1.29 is 98.1 Å². The van der Waals surface area contributed by atoms with Crippen LogP contribution < -0.4 is 14.7 Å². The third-order valence-electron chi connectivity index (χ3n) is 27.8. The fourth-order valence-electron chi connectivity index (χ4n) is 21.7. The fourth-order valence-corrected chi connectivity index (χ4v) is 21.7. The summed E-state index contributed by atoms with van der Waals surface area (Å²) in [6, 6.07) is 44.7. The van der Waals surface area contributed by atoms with Gasteiger partial charge in [-0.05, 0) is 233 Å². The van der Waals surface area contributed by atoms with E-state index in [0.717, 1.165) is 51.1 Å². The fraction of sp³-hybridized carbons (Fsp3) is 0.143. The second kappa shape index (κ2) is 28.1. The van der Waals surface area contributed by atoms with Crippen LogP contribution in [-0.4, -0.2) is 143 Å². The van der Waals surface area contributed by atoms with Crippen LogP contribution in [0.25, 0.3) is 129 Å². The first-order valence-corrected chi connectivity index (χ1v) is 42.7. The second-order valence-corrected chi connectivity index (χ2v) is 34.9. The third kappa shape index (κ3) is 10.6. The lowest BCUT2D eigenvalue weighted by atomic mass is 9.82. The average Bonchev–Trinajstić information content (AvgIpc) is 0.694. The average molecular weight is 1760 g/mol. The Balaban J connectivity index is 0.517. The minimum Gasteiger partial charge on any atom is -0.379 e. The number of ether oxygens (including phenoxy) is 3. The number of nitrogens with zero attached hydrogens (tertiary/aromatic N) is 6. The Morgan fingerprint density at radius 1 is 0.235 bits per heavy atom. The van der Waals surface area contributed by atoms with Gasteiger partial charge >= 0.3 is 0 Å². The van der Waals surface area contributed by atoms with Gasteiger partial charge in [0.05, 0.1) is 74.8 Å². The van der Waals surface area contributed by atoms with E-state index in [9.17, 15) is 41.9 Å². The number of halogens is 6. The maximum atomic E-state index is 15.3. The van der Waals surface area contributed by atoms with Gasteiger partial charge in [-0.3, -0.25) is 72.2 Å². The topological polar surface area (TPSA) is 252 Å². The van der Waals surface area contributed by atoms with E-state index in [4.69, 9.17) is 14.2 Å². The Morgan fingerprint density at radius 3 is 0.561 bits per heavy atom. The molecule has 0 aromatic heterocycles. The molecule has 0 radical (unpaired) electrons. The van der Waals surface area contributed by atoms with Gasteiger partial charge < -0.3 is 14.2 Å². The summed E-state index contributed by atoms with van der Waals surface area (Å²) in [6.45, 7) is 5.66. The molecule has 24 rings (SSSR count). The smallest absolute Gasteiger partial charge is 0.266 e. The molecule has 0 bridgehead atoms. The largest absolute Gasteiger partial charge is 0.379 e. The van der Waals surface area contributed by atoms with Gasteiger partial charge in [0.1, 0.15) is 34.9 Å². The first-order valence-electron chi connectivity index (χ1n) is 42.7. The van der Waals surface area contributed by atoms with Crippen molar-refractivity contribution >= 4 is 217 Å². The number of amides is 12. The zero-order valence-corrected chi connectivity index (χ0v) is 69.8. The molecule has 3 unspecified atom stereocenters. The van der Waals surface area contributed by atoms with Crippen molar-refractivity contribution in [2.45, 2.75) is 52.2 Å². The van der Waals surface area contributed by atoms with E-state index in [0.29, 0.717) is 162 Å². The van der Waals surface area contributed by atoms with Crippen molar-refractivity contribution in [1.29, 1.82) is 0 Å². The molecule has 18 aromatic rings. The summed E-state index contributed by atoms with van der Waals surface area (Å²) in [6.07, 6.45) is 0.260. The normalized spacial score (nSPS) is 16.3. The third-order valence-corrected chi connectivity index (χ3v) is 27.8. The molecule has 0 fully saturated rings. The van der Waals surface area contributed by atoms with Crippen LogP contribution in [0.1, 0.15) is 158 Å². The molecule has 21 nitrogen and oxygen atoms in total. The van der Waals surface area contributed by atoms with E-state index >= 15 is 41.9 Å². The molecule has 644 valence electrons. The number of carbonyl (C=O) groups is 12. The molecule has 0 saturated carbocycles. The van der Waals surface area contributed by atoms with E-state index in [1.165, 1.54) is 36.4 Å². The number of imide groups is 6. The van der Waals surface area contributed by atoms with Crippen molar-refractivity contribution in [3.05, 3.63) is 302 Å². The van der Waals surface area contributed by atoms with Crippen LogP contribution in [0.4, 0.5) is 43.4 Å². The van der Waals surface area contributed by atoms with Gasteiger partial charge in [0.15, 0.2) is 0 Å². The Labute approximate surface area is 739 Å². The Kier molecular flexibility index (Phi) is 16.9.